The van der Waals surface area contributed by atoms with Gasteiger partial charge in [-0.05, 0) is 18.8 Å². The van der Waals surface area contributed by atoms with Gasteiger partial charge in [0.25, 0.3) is 0 Å². The number of urea groups is 1. The molecular formula is C17H28N4O3. The Morgan fingerprint density at radius 1 is 1.46 bits per heavy atom. The highest BCUT2D eigenvalue weighted by Gasteiger charge is 2.29. The van der Waals surface area contributed by atoms with Crippen molar-refractivity contribution < 1.29 is 14.1 Å². The van der Waals surface area contributed by atoms with Crippen LogP contribution in [0.2, 0.25) is 0 Å². The van der Waals surface area contributed by atoms with Crippen LogP contribution in [-0.2, 0) is 17.8 Å². The van der Waals surface area contributed by atoms with Gasteiger partial charge in [-0.1, -0.05) is 19.0 Å². The van der Waals surface area contributed by atoms with Gasteiger partial charge in [-0.25, -0.2) is 4.79 Å². The summed E-state index contributed by atoms with van der Waals surface area (Å²) >= 11 is 0. The third kappa shape index (κ3) is 4.97. The van der Waals surface area contributed by atoms with Crippen LogP contribution < -0.4 is 5.32 Å². The minimum Gasteiger partial charge on any atom is -0.361 e. The number of aromatic nitrogens is 1. The van der Waals surface area contributed by atoms with E-state index in [1.54, 1.807) is 23.9 Å². The largest absolute Gasteiger partial charge is 0.361 e. The number of nitrogens with one attached hydrogen (secondary N) is 1. The Bertz CT molecular complexity index is 568. The van der Waals surface area contributed by atoms with E-state index in [4.69, 9.17) is 4.52 Å². The summed E-state index contributed by atoms with van der Waals surface area (Å²) in [5.41, 5.74) is 0.732. The lowest BCUT2D eigenvalue weighted by atomic mass is 9.97. The SMILES string of the molecule is CC(C)Cc1cc(CNC(=O)[C@H]2CCCN(C(=O)N(C)C)C2)no1. The van der Waals surface area contributed by atoms with E-state index in [1.807, 2.05) is 6.07 Å². The normalized spacial score (nSPS) is 17.9. The lowest BCUT2D eigenvalue weighted by Crippen LogP contribution is -2.48. The van der Waals surface area contributed by atoms with Gasteiger partial charge in [0, 0.05) is 39.7 Å². The van der Waals surface area contributed by atoms with Crippen LogP contribution in [0.4, 0.5) is 4.79 Å². The quantitative estimate of drug-likeness (QED) is 0.890. The minimum absolute atomic E-state index is 0.0281. The number of carbonyl (C=O) groups is 2. The predicted molar refractivity (Wildman–Crippen MR) is 90.3 cm³/mol. The molecule has 1 atom stereocenters. The van der Waals surface area contributed by atoms with Gasteiger partial charge in [0.2, 0.25) is 5.91 Å². The van der Waals surface area contributed by atoms with Gasteiger partial charge < -0.3 is 19.6 Å². The number of piperidine rings is 1. The number of carbonyl (C=O) groups excluding carboxylic acids is 2. The molecule has 24 heavy (non-hydrogen) atoms. The van der Waals surface area contributed by atoms with Crippen LogP contribution >= 0.6 is 0 Å². The fourth-order valence-corrected chi connectivity index (χ4v) is 2.91. The Hall–Kier alpha value is -2.05. The summed E-state index contributed by atoms with van der Waals surface area (Å²) in [4.78, 5) is 27.7. The van der Waals surface area contributed by atoms with Crippen LogP contribution in [0.15, 0.2) is 10.6 Å². The van der Waals surface area contributed by atoms with Gasteiger partial charge in [0.05, 0.1) is 12.5 Å². The zero-order valence-corrected chi connectivity index (χ0v) is 15.0. The van der Waals surface area contributed by atoms with Crippen LogP contribution in [0.5, 0.6) is 0 Å². The first-order chi connectivity index (χ1) is 11.4. The van der Waals surface area contributed by atoms with Crippen molar-refractivity contribution >= 4 is 11.9 Å². The number of hydrogen-bond donors (Lipinski definition) is 1. The van der Waals surface area contributed by atoms with Crippen LogP contribution in [0, 0.1) is 11.8 Å². The zero-order valence-electron chi connectivity index (χ0n) is 15.0. The first-order valence-corrected chi connectivity index (χ1v) is 8.55. The van der Waals surface area contributed by atoms with E-state index in [9.17, 15) is 9.59 Å². The Labute approximate surface area is 143 Å². The van der Waals surface area contributed by atoms with E-state index in [2.05, 4.69) is 24.3 Å². The average molecular weight is 336 g/mol. The molecule has 1 fully saturated rings. The Morgan fingerprint density at radius 2 is 2.21 bits per heavy atom. The summed E-state index contributed by atoms with van der Waals surface area (Å²) in [5.74, 6) is 1.15. The number of amides is 3. The predicted octanol–water partition coefficient (Wildman–Crippen LogP) is 1.88. The second-order valence-corrected chi connectivity index (χ2v) is 7.06. The summed E-state index contributed by atoms with van der Waals surface area (Å²) in [7, 11) is 3.46. The van der Waals surface area contributed by atoms with E-state index < -0.39 is 0 Å². The second-order valence-electron chi connectivity index (χ2n) is 7.06. The lowest BCUT2D eigenvalue weighted by molar-refractivity contribution is -0.126. The molecule has 1 saturated heterocycles. The molecule has 0 spiro atoms. The molecule has 0 radical (unpaired) electrons. The molecule has 7 heteroatoms. The van der Waals surface area contributed by atoms with Gasteiger partial charge in [-0.2, -0.15) is 0 Å². The molecule has 0 saturated carbocycles. The van der Waals surface area contributed by atoms with Crippen molar-refractivity contribution in [2.24, 2.45) is 11.8 Å². The molecule has 1 aliphatic heterocycles. The fourth-order valence-electron chi connectivity index (χ4n) is 2.91. The topological polar surface area (TPSA) is 78.7 Å². The monoisotopic (exact) mass is 336 g/mol. The molecule has 2 rings (SSSR count). The molecule has 0 bridgehead atoms. The first kappa shape index (κ1) is 18.3. The summed E-state index contributed by atoms with van der Waals surface area (Å²) in [6, 6.07) is 1.85. The molecule has 0 aromatic carbocycles. The first-order valence-electron chi connectivity index (χ1n) is 8.55. The molecular weight excluding hydrogens is 308 g/mol. The van der Waals surface area contributed by atoms with Crippen LogP contribution in [0.3, 0.4) is 0 Å². The van der Waals surface area contributed by atoms with E-state index >= 15 is 0 Å². The number of nitrogens with zero attached hydrogens (tertiary/aromatic N) is 3. The summed E-state index contributed by atoms with van der Waals surface area (Å²) < 4.78 is 5.27. The molecule has 1 aliphatic rings. The van der Waals surface area contributed by atoms with Crippen molar-refractivity contribution in [3.8, 4) is 0 Å². The highest BCUT2D eigenvalue weighted by atomic mass is 16.5. The maximum absolute atomic E-state index is 12.4. The van der Waals surface area contributed by atoms with Gasteiger partial charge in [0.15, 0.2) is 0 Å². The van der Waals surface area contributed by atoms with Crippen molar-refractivity contribution in [1.82, 2.24) is 20.3 Å². The molecule has 3 amide bonds. The lowest BCUT2D eigenvalue weighted by Gasteiger charge is -2.33. The number of likely N-dealkylation sites (tertiary alicyclic amines) is 1. The highest BCUT2D eigenvalue weighted by molar-refractivity contribution is 5.80. The fraction of sp³-hybridized carbons (Fsp3) is 0.706. The van der Waals surface area contributed by atoms with Crippen molar-refractivity contribution in [3.63, 3.8) is 0 Å². The summed E-state index contributed by atoms with van der Waals surface area (Å²) in [5, 5.41) is 6.90. The molecule has 1 N–H and O–H groups in total. The summed E-state index contributed by atoms with van der Waals surface area (Å²) in [6.45, 7) is 5.78. The van der Waals surface area contributed by atoms with Gasteiger partial charge >= 0.3 is 6.03 Å². The molecule has 1 aromatic heterocycles. The van der Waals surface area contributed by atoms with Crippen molar-refractivity contribution in [2.45, 2.75) is 39.7 Å². The van der Waals surface area contributed by atoms with Crippen molar-refractivity contribution in [3.05, 3.63) is 17.5 Å². The molecule has 134 valence electrons. The van der Waals surface area contributed by atoms with E-state index in [0.29, 0.717) is 25.6 Å². The van der Waals surface area contributed by atoms with Crippen LogP contribution in [0.25, 0.3) is 0 Å². The third-order valence-corrected chi connectivity index (χ3v) is 4.11. The van der Waals surface area contributed by atoms with E-state index in [-0.39, 0.29) is 17.9 Å². The minimum atomic E-state index is -0.162. The zero-order chi connectivity index (χ0) is 17.7. The third-order valence-electron chi connectivity index (χ3n) is 4.11. The number of hydrogen-bond acceptors (Lipinski definition) is 4. The van der Waals surface area contributed by atoms with Crippen LogP contribution in [-0.4, -0.2) is 54.1 Å². The Balaban J connectivity index is 1.83. The summed E-state index contributed by atoms with van der Waals surface area (Å²) in [6.07, 6.45) is 2.49. The van der Waals surface area contributed by atoms with Gasteiger partial charge in [-0.15, -0.1) is 0 Å². The Morgan fingerprint density at radius 3 is 2.88 bits per heavy atom. The smallest absolute Gasteiger partial charge is 0.319 e. The molecule has 0 aliphatic carbocycles. The van der Waals surface area contributed by atoms with Gasteiger partial charge in [-0.3, -0.25) is 4.79 Å². The van der Waals surface area contributed by atoms with Gasteiger partial charge in [0.1, 0.15) is 11.5 Å². The van der Waals surface area contributed by atoms with Crippen LogP contribution in [0.1, 0.15) is 38.1 Å². The average Bonchev–Trinajstić information content (AvgIpc) is 2.98. The maximum Gasteiger partial charge on any atom is 0.319 e. The van der Waals surface area contributed by atoms with E-state index in [1.165, 1.54) is 0 Å². The molecule has 0 unspecified atom stereocenters. The number of rotatable bonds is 5. The van der Waals surface area contributed by atoms with Crippen molar-refractivity contribution in [1.29, 1.82) is 0 Å². The highest BCUT2D eigenvalue weighted by Crippen LogP contribution is 2.18. The van der Waals surface area contributed by atoms with E-state index in [0.717, 1.165) is 30.7 Å². The molecule has 2 heterocycles. The molecule has 7 nitrogen and oxygen atoms in total. The second kappa shape index (κ2) is 8.17. The molecule has 1 aromatic rings. The van der Waals surface area contributed by atoms with Crippen molar-refractivity contribution in [2.75, 3.05) is 27.2 Å². The Kier molecular flexibility index (Phi) is 6.23. The standard InChI is InChI=1S/C17H28N4O3/c1-12(2)8-15-9-14(19-24-15)10-18-16(22)13-6-5-7-21(11-13)17(23)20(3)4/h9,12-13H,5-8,10-11H2,1-4H3,(H,18,22)/t13-/m0/s1. The maximum atomic E-state index is 12.4.